The molecule has 0 heterocycles. The second-order valence-electron chi connectivity index (χ2n) is 7.83. The van der Waals surface area contributed by atoms with Gasteiger partial charge in [0.25, 0.3) is 11.6 Å². The smallest absolute Gasteiger partial charge is 0.271 e. The summed E-state index contributed by atoms with van der Waals surface area (Å²) in [4.78, 5) is 23.2. The van der Waals surface area contributed by atoms with E-state index in [0.29, 0.717) is 16.8 Å². The monoisotopic (exact) mass is 483 g/mol. The fourth-order valence-electron chi connectivity index (χ4n) is 3.31. The molecule has 1 N–H and O–H groups in total. The largest absolute Gasteiger partial charge is 0.495 e. The molecule has 0 aliphatic carbocycles. The summed E-state index contributed by atoms with van der Waals surface area (Å²) in [6, 6.07) is 15.8. The molecule has 9 nitrogen and oxygen atoms in total. The fraction of sp³-hybridized carbons (Fsp3) is 0.208. The lowest BCUT2D eigenvalue weighted by Gasteiger charge is -2.23. The second-order valence-corrected chi connectivity index (χ2v) is 9.74. The van der Waals surface area contributed by atoms with Gasteiger partial charge in [-0.15, -0.1) is 0 Å². The van der Waals surface area contributed by atoms with Gasteiger partial charge in [0.05, 0.1) is 36.2 Å². The standard InChI is InChI=1S/C24H25N3O6S/c1-16-5-10-20(13-17(16)2)26(34(4,31)32)15-18-6-8-19(9-7-18)24(28)25-22-14-21(27(29)30)11-12-23(22)33-3/h5-14H,15H2,1-4H3,(H,25,28). The first-order valence-corrected chi connectivity index (χ1v) is 12.1. The molecular formula is C24H25N3O6S. The first-order chi connectivity index (χ1) is 16.0. The molecule has 0 saturated carbocycles. The minimum atomic E-state index is -3.55. The van der Waals surface area contributed by atoms with Crippen LogP contribution in [0.3, 0.4) is 0 Å². The van der Waals surface area contributed by atoms with Crippen molar-refractivity contribution in [1.82, 2.24) is 0 Å². The van der Waals surface area contributed by atoms with Crippen molar-refractivity contribution < 1.29 is 22.9 Å². The molecule has 0 aliphatic heterocycles. The Kier molecular flexibility index (Phi) is 7.21. The lowest BCUT2D eigenvalue weighted by atomic mass is 10.1. The van der Waals surface area contributed by atoms with Crippen LogP contribution in [0, 0.1) is 24.0 Å². The SMILES string of the molecule is COc1ccc([N+](=O)[O-])cc1NC(=O)c1ccc(CN(c2ccc(C)c(C)c2)S(C)(=O)=O)cc1. The Morgan fingerprint density at radius 1 is 1.03 bits per heavy atom. The molecule has 0 spiro atoms. The van der Waals surface area contributed by atoms with Gasteiger partial charge in [-0.3, -0.25) is 19.2 Å². The van der Waals surface area contributed by atoms with Crippen molar-refractivity contribution in [2.45, 2.75) is 20.4 Å². The van der Waals surface area contributed by atoms with Crippen molar-refractivity contribution in [3.63, 3.8) is 0 Å². The highest BCUT2D eigenvalue weighted by Crippen LogP contribution is 2.29. The number of amides is 1. The normalized spacial score (nSPS) is 11.1. The first-order valence-electron chi connectivity index (χ1n) is 10.3. The highest BCUT2D eigenvalue weighted by Gasteiger charge is 2.19. The van der Waals surface area contributed by atoms with E-state index in [1.54, 1.807) is 30.3 Å². The molecule has 1 amide bonds. The molecule has 10 heteroatoms. The van der Waals surface area contributed by atoms with Gasteiger partial charge in [-0.1, -0.05) is 18.2 Å². The molecule has 0 atom stereocenters. The van der Waals surface area contributed by atoms with Gasteiger partial charge >= 0.3 is 0 Å². The van der Waals surface area contributed by atoms with Crippen LogP contribution in [-0.4, -0.2) is 32.6 Å². The molecule has 178 valence electrons. The van der Waals surface area contributed by atoms with E-state index in [9.17, 15) is 23.3 Å². The van der Waals surface area contributed by atoms with Crippen molar-refractivity contribution in [1.29, 1.82) is 0 Å². The van der Waals surface area contributed by atoms with E-state index in [1.807, 2.05) is 26.0 Å². The van der Waals surface area contributed by atoms with Gasteiger partial charge in [0, 0.05) is 17.7 Å². The van der Waals surface area contributed by atoms with Crippen LogP contribution in [0.4, 0.5) is 17.1 Å². The van der Waals surface area contributed by atoms with E-state index < -0.39 is 20.9 Å². The Morgan fingerprint density at radius 2 is 1.71 bits per heavy atom. The van der Waals surface area contributed by atoms with Crippen LogP contribution in [0.25, 0.3) is 0 Å². The van der Waals surface area contributed by atoms with Crippen molar-refractivity contribution in [2.75, 3.05) is 23.0 Å². The van der Waals surface area contributed by atoms with Crippen molar-refractivity contribution in [3.05, 3.63) is 93.0 Å². The van der Waals surface area contributed by atoms with E-state index >= 15 is 0 Å². The zero-order valence-corrected chi connectivity index (χ0v) is 20.0. The average Bonchev–Trinajstić information content (AvgIpc) is 2.79. The number of nitrogens with zero attached hydrogens (tertiary/aromatic N) is 2. The number of methoxy groups -OCH3 is 1. The Hall–Kier alpha value is -3.92. The summed E-state index contributed by atoms with van der Waals surface area (Å²) < 4.78 is 31.4. The molecule has 0 aliphatic rings. The number of nitro benzene ring substituents is 1. The van der Waals surface area contributed by atoms with Gasteiger partial charge in [0.15, 0.2) is 0 Å². The molecule has 3 rings (SSSR count). The maximum absolute atomic E-state index is 12.7. The van der Waals surface area contributed by atoms with Gasteiger partial charge in [-0.05, 0) is 60.9 Å². The van der Waals surface area contributed by atoms with E-state index in [-0.39, 0.29) is 23.7 Å². The number of anilines is 2. The lowest BCUT2D eigenvalue weighted by Crippen LogP contribution is -2.29. The minimum absolute atomic E-state index is 0.0991. The van der Waals surface area contributed by atoms with E-state index in [1.165, 1.54) is 29.6 Å². The van der Waals surface area contributed by atoms with Crippen LogP contribution >= 0.6 is 0 Å². The molecule has 3 aromatic carbocycles. The summed E-state index contributed by atoms with van der Waals surface area (Å²) in [6.07, 6.45) is 1.15. The number of carbonyl (C=O) groups excluding carboxylic acids is 1. The molecule has 0 fully saturated rings. The Balaban J connectivity index is 1.81. The van der Waals surface area contributed by atoms with Crippen LogP contribution in [0.2, 0.25) is 0 Å². The molecule has 0 aromatic heterocycles. The maximum Gasteiger partial charge on any atom is 0.271 e. The van der Waals surface area contributed by atoms with Gasteiger partial charge < -0.3 is 10.1 Å². The summed E-state index contributed by atoms with van der Waals surface area (Å²) in [5.41, 5.74) is 3.58. The number of nitro groups is 1. The highest BCUT2D eigenvalue weighted by atomic mass is 32.2. The molecule has 0 radical (unpaired) electrons. The predicted octanol–water partition coefficient (Wildman–Crippen LogP) is 4.44. The molecule has 3 aromatic rings. The van der Waals surface area contributed by atoms with Gasteiger partial charge in [-0.25, -0.2) is 8.42 Å². The number of rotatable bonds is 8. The van der Waals surface area contributed by atoms with Gasteiger partial charge in [0.2, 0.25) is 10.0 Å². The lowest BCUT2D eigenvalue weighted by molar-refractivity contribution is -0.384. The Morgan fingerprint density at radius 3 is 2.26 bits per heavy atom. The second kappa shape index (κ2) is 9.92. The van der Waals surface area contributed by atoms with E-state index in [2.05, 4.69) is 5.32 Å². The topological polar surface area (TPSA) is 119 Å². The molecule has 34 heavy (non-hydrogen) atoms. The number of sulfonamides is 1. The fourth-order valence-corrected chi connectivity index (χ4v) is 4.19. The number of aryl methyl sites for hydroxylation is 2. The van der Waals surface area contributed by atoms with Crippen molar-refractivity contribution in [2.24, 2.45) is 0 Å². The minimum Gasteiger partial charge on any atom is -0.495 e. The van der Waals surface area contributed by atoms with Crippen LogP contribution < -0.4 is 14.4 Å². The molecule has 0 saturated heterocycles. The summed E-state index contributed by atoms with van der Waals surface area (Å²) in [6.45, 7) is 3.97. The summed E-state index contributed by atoms with van der Waals surface area (Å²) >= 11 is 0. The van der Waals surface area contributed by atoms with Crippen molar-refractivity contribution in [3.8, 4) is 5.75 Å². The van der Waals surface area contributed by atoms with Gasteiger partial charge in [0.1, 0.15) is 5.75 Å². The first kappa shape index (κ1) is 24.7. The number of hydrogen-bond acceptors (Lipinski definition) is 6. The molecule has 0 bridgehead atoms. The summed E-state index contributed by atoms with van der Waals surface area (Å²) in [5.74, 6) is -0.202. The zero-order valence-electron chi connectivity index (χ0n) is 19.2. The predicted molar refractivity (Wildman–Crippen MR) is 131 cm³/mol. The van der Waals surface area contributed by atoms with Crippen LogP contribution in [0.5, 0.6) is 5.75 Å². The molecule has 0 unspecified atom stereocenters. The average molecular weight is 484 g/mol. The molecular weight excluding hydrogens is 458 g/mol. The van der Waals surface area contributed by atoms with Gasteiger partial charge in [-0.2, -0.15) is 0 Å². The zero-order chi connectivity index (χ0) is 25.0. The quantitative estimate of drug-likeness (QED) is 0.374. The third-order valence-corrected chi connectivity index (χ3v) is 6.50. The maximum atomic E-state index is 12.7. The van der Waals surface area contributed by atoms with Crippen LogP contribution in [-0.2, 0) is 16.6 Å². The summed E-state index contributed by atoms with van der Waals surface area (Å²) in [7, 11) is -2.15. The van der Waals surface area contributed by atoms with Crippen LogP contribution in [0.15, 0.2) is 60.7 Å². The Bertz CT molecular complexity index is 1340. The highest BCUT2D eigenvalue weighted by molar-refractivity contribution is 7.92. The number of ether oxygens (including phenoxy) is 1. The van der Waals surface area contributed by atoms with Crippen molar-refractivity contribution >= 4 is 33.0 Å². The third kappa shape index (κ3) is 5.70. The van der Waals surface area contributed by atoms with E-state index in [0.717, 1.165) is 17.4 Å². The number of nitrogens with one attached hydrogen (secondary N) is 1. The van der Waals surface area contributed by atoms with E-state index in [4.69, 9.17) is 4.74 Å². The number of carbonyl (C=O) groups is 1. The number of hydrogen-bond donors (Lipinski definition) is 1. The summed E-state index contributed by atoms with van der Waals surface area (Å²) in [5, 5.41) is 13.7. The Labute approximate surface area is 198 Å². The number of non-ortho nitro benzene ring substituents is 1. The third-order valence-electron chi connectivity index (χ3n) is 5.36. The number of benzene rings is 3. The van der Waals surface area contributed by atoms with Crippen LogP contribution in [0.1, 0.15) is 27.0 Å².